The molecule has 166 valence electrons. The lowest BCUT2D eigenvalue weighted by Crippen LogP contribution is -2.62. The minimum Gasteiger partial charge on any atom is -0.322 e. The molecule has 2 heterocycles. The van der Waals surface area contributed by atoms with E-state index in [0.29, 0.717) is 5.56 Å². The first kappa shape index (κ1) is 23.0. The number of pyridine rings is 1. The SMILES string of the molecule is CC(C)[C@H]1C(=O)N(c2ncc(Cl)cc2F)CC(=O)N1[C@@H](C)c1ccc(C(F)(F)F)cc1. The predicted molar refractivity (Wildman–Crippen MR) is 107 cm³/mol. The highest BCUT2D eigenvalue weighted by atomic mass is 35.5. The number of rotatable bonds is 4. The topological polar surface area (TPSA) is 53.5 Å². The summed E-state index contributed by atoms with van der Waals surface area (Å²) in [6, 6.07) is 3.83. The Bertz CT molecular complexity index is 995. The quantitative estimate of drug-likeness (QED) is 0.616. The van der Waals surface area contributed by atoms with Crippen molar-refractivity contribution in [2.75, 3.05) is 11.4 Å². The van der Waals surface area contributed by atoms with Gasteiger partial charge in [0.25, 0.3) is 5.91 Å². The first-order chi connectivity index (χ1) is 14.4. The van der Waals surface area contributed by atoms with Crippen LogP contribution in [0.5, 0.6) is 0 Å². The molecule has 1 fully saturated rings. The van der Waals surface area contributed by atoms with Crippen LogP contribution in [-0.4, -0.2) is 34.3 Å². The van der Waals surface area contributed by atoms with E-state index in [4.69, 9.17) is 11.6 Å². The van der Waals surface area contributed by atoms with Gasteiger partial charge in [0.1, 0.15) is 12.6 Å². The fourth-order valence-corrected chi connectivity index (χ4v) is 3.83. The fraction of sp³-hybridized carbons (Fsp3) is 0.381. The number of halogens is 5. The van der Waals surface area contributed by atoms with Gasteiger partial charge in [-0.05, 0) is 36.6 Å². The van der Waals surface area contributed by atoms with Crippen LogP contribution in [0.1, 0.15) is 37.9 Å². The number of piperazine rings is 1. The molecule has 10 heteroatoms. The minimum atomic E-state index is -4.48. The van der Waals surface area contributed by atoms with Crippen LogP contribution in [0, 0.1) is 11.7 Å². The Morgan fingerprint density at radius 1 is 1.13 bits per heavy atom. The summed E-state index contributed by atoms with van der Waals surface area (Å²) in [4.78, 5) is 32.4. The molecule has 1 aromatic heterocycles. The number of alkyl halides is 3. The maximum Gasteiger partial charge on any atom is 0.416 e. The van der Waals surface area contributed by atoms with Crippen molar-refractivity contribution in [3.8, 4) is 0 Å². The maximum absolute atomic E-state index is 14.4. The van der Waals surface area contributed by atoms with E-state index in [2.05, 4.69) is 4.98 Å². The lowest BCUT2D eigenvalue weighted by Gasteiger charge is -2.44. The number of aromatic nitrogens is 1. The number of amides is 2. The number of benzene rings is 1. The third kappa shape index (κ3) is 4.51. The zero-order valence-corrected chi connectivity index (χ0v) is 17.7. The van der Waals surface area contributed by atoms with Crippen molar-refractivity contribution in [2.45, 2.75) is 39.0 Å². The molecule has 1 aliphatic heterocycles. The zero-order valence-electron chi connectivity index (χ0n) is 17.0. The van der Waals surface area contributed by atoms with Crippen LogP contribution in [0.3, 0.4) is 0 Å². The standard InChI is InChI=1S/C21H20ClF4N3O2/c1-11(2)18-20(31)28(19-16(23)8-15(22)9-27-19)10-17(30)29(18)12(3)13-4-6-14(7-5-13)21(24,25)26/h4-9,11-12,18H,10H2,1-3H3/t12-,18-/m0/s1. The van der Waals surface area contributed by atoms with E-state index in [1.807, 2.05) is 0 Å². The molecule has 0 aliphatic carbocycles. The molecular weight excluding hydrogens is 438 g/mol. The third-order valence-electron chi connectivity index (χ3n) is 5.21. The summed E-state index contributed by atoms with van der Waals surface area (Å²) >= 11 is 5.72. The number of nitrogens with zero attached hydrogens (tertiary/aromatic N) is 3. The molecule has 2 aromatic rings. The molecule has 0 radical (unpaired) electrons. The predicted octanol–water partition coefficient (Wildman–Crippen LogP) is 4.85. The Morgan fingerprint density at radius 3 is 2.26 bits per heavy atom. The Labute approximate surface area is 181 Å². The van der Waals surface area contributed by atoms with Gasteiger partial charge in [-0.15, -0.1) is 0 Å². The highest BCUT2D eigenvalue weighted by Gasteiger charge is 2.45. The van der Waals surface area contributed by atoms with E-state index >= 15 is 0 Å². The molecule has 31 heavy (non-hydrogen) atoms. The summed E-state index contributed by atoms with van der Waals surface area (Å²) in [7, 11) is 0. The summed E-state index contributed by atoms with van der Waals surface area (Å²) in [6.07, 6.45) is -3.30. The highest BCUT2D eigenvalue weighted by Crippen LogP contribution is 2.34. The van der Waals surface area contributed by atoms with Crippen LogP contribution >= 0.6 is 11.6 Å². The highest BCUT2D eigenvalue weighted by molar-refractivity contribution is 6.30. The zero-order chi connectivity index (χ0) is 23.1. The average molecular weight is 458 g/mol. The number of anilines is 1. The molecule has 2 atom stereocenters. The summed E-state index contributed by atoms with van der Waals surface area (Å²) < 4.78 is 52.9. The second-order valence-electron chi connectivity index (χ2n) is 7.67. The van der Waals surface area contributed by atoms with Crippen LogP contribution in [0.2, 0.25) is 5.02 Å². The normalized spacial score (nSPS) is 18.7. The Hall–Kier alpha value is -2.68. The largest absolute Gasteiger partial charge is 0.416 e. The van der Waals surface area contributed by atoms with Gasteiger partial charge in [0.2, 0.25) is 5.91 Å². The van der Waals surface area contributed by atoms with E-state index in [-0.39, 0.29) is 16.8 Å². The molecule has 0 unspecified atom stereocenters. The number of hydrogen-bond acceptors (Lipinski definition) is 3. The van der Waals surface area contributed by atoms with Crippen LogP contribution in [0.15, 0.2) is 36.5 Å². The van der Waals surface area contributed by atoms with E-state index in [0.717, 1.165) is 23.1 Å². The van der Waals surface area contributed by atoms with Gasteiger partial charge in [-0.3, -0.25) is 14.5 Å². The molecule has 1 aromatic carbocycles. The van der Waals surface area contributed by atoms with Gasteiger partial charge in [0.05, 0.1) is 16.6 Å². The Morgan fingerprint density at radius 2 is 1.74 bits per heavy atom. The van der Waals surface area contributed by atoms with E-state index in [1.165, 1.54) is 23.2 Å². The second-order valence-corrected chi connectivity index (χ2v) is 8.11. The first-order valence-electron chi connectivity index (χ1n) is 9.52. The van der Waals surface area contributed by atoms with Crippen molar-refractivity contribution < 1.29 is 27.2 Å². The fourth-order valence-electron chi connectivity index (χ4n) is 3.69. The van der Waals surface area contributed by atoms with Crippen LogP contribution in [-0.2, 0) is 15.8 Å². The smallest absolute Gasteiger partial charge is 0.322 e. The molecular formula is C21H20ClF4N3O2. The van der Waals surface area contributed by atoms with E-state index in [9.17, 15) is 27.2 Å². The minimum absolute atomic E-state index is 0.0509. The third-order valence-corrected chi connectivity index (χ3v) is 5.42. The number of hydrogen-bond donors (Lipinski definition) is 0. The molecule has 1 saturated heterocycles. The Balaban J connectivity index is 1.94. The lowest BCUT2D eigenvalue weighted by atomic mass is 9.94. The van der Waals surface area contributed by atoms with E-state index < -0.39 is 48.0 Å². The molecule has 0 N–H and O–H groups in total. The van der Waals surface area contributed by atoms with Gasteiger partial charge in [-0.1, -0.05) is 37.6 Å². The lowest BCUT2D eigenvalue weighted by molar-refractivity contribution is -0.147. The monoisotopic (exact) mass is 457 g/mol. The summed E-state index contributed by atoms with van der Waals surface area (Å²) in [6.45, 7) is 4.66. The van der Waals surface area contributed by atoms with Crippen molar-refractivity contribution in [3.63, 3.8) is 0 Å². The van der Waals surface area contributed by atoms with Crippen molar-refractivity contribution in [1.29, 1.82) is 0 Å². The molecule has 0 spiro atoms. The summed E-state index contributed by atoms with van der Waals surface area (Å²) in [5.74, 6) is -2.47. The molecule has 3 rings (SSSR count). The number of carbonyl (C=O) groups excluding carboxylic acids is 2. The molecule has 5 nitrogen and oxygen atoms in total. The van der Waals surface area contributed by atoms with Crippen LogP contribution < -0.4 is 4.90 Å². The van der Waals surface area contributed by atoms with Crippen LogP contribution in [0.25, 0.3) is 0 Å². The molecule has 1 aliphatic rings. The van der Waals surface area contributed by atoms with Crippen molar-refractivity contribution in [2.24, 2.45) is 5.92 Å². The average Bonchev–Trinajstić information content (AvgIpc) is 2.68. The van der Waals surface area contributed by atoms with Gasteiger partial charge in [0.15, 0.2) is 11.6 Å². The molecule has 2 amide bonds. The maximum atomic E-state index is 14.4. The Kier molecular flexibility index (Phi) is 6.27. The van der Waals surface area contributed by atoms with Gasteiger partial charge < -0.3 is 4.90 Å². The molecule has 0 saturated carbocycles. The number of carbonyl (C=O) groups is 2. The molecule has 0 bridgehead atoms. The second kappa shape index (κ2) is 8.45. The van der Waals surface area contributed by atoms with Gasteiger partial charge in [0, 0.05) is 6.20 Å². The van der Waals surface area contributed by atoms with Gasteiger partial charge in [-0.25, -0.2) is 9.37 Å². The van der Waals surface area contributed by atoms with Crippen molar-refractivity contribution >= 4 is 29.2 Å². The van der Waals surface area contributed by atoms with Crippen molar-refractivity contribution in [3.05, 3.63) is 58.5 Å². The van der Waals surface area contributed by atoms with Crippen molar-refractivity contribution in [1.82, 2.24) is 9.88 Å². The summed E-state index contributed by atoms with van der Waals surface area (Å²) in [5.41, 5.74) is -0.357. The van der Waals surface area contributed by atoms with E-state index in [1.54, 1.807) is 20.8 Å². The van der Waals surface area contributed by atoms with Gasteiger partial charge in [-0.2, -0.15) is 13.2 Å². The van der Waals surface area contributed by atoms with Gasteiger partial charge >= 0.3 is 6.18 Å². The summed E-state index contributed by atoms with van der Waals surface area (Å²) in [5, 5.41) is 0.0509. The van der Waals surface area contributed by atoms with Crippen LogP contribution in [0.4, 0.5) is 23.4 Å². The first-order valence-corrected chi connectivity index (χ1v) is 9.90.